The van der Waals surface area contributed by atoms with Gasteiger partial charge in [0.15, 0.2) is 6.10 Å². The van der Waals surface area contributed by atoms with Crippen LogP contribution < -0.4 is 10.1 Å². The molecule has 1 unspecified atom stereocenters. The molecule has 3 aromatic rings. The third-order valence-electron chi connectivity index (χ3n) is 5.22. The monoisotopic (exact) mass is 466 g/mol. The van der Waals surface area contributed by atoms with Gasteiger partial charge in [0.25, 0.3) is 5.91 Å². The van der Waals surface area contributed by atoms with Crippen molar-refractivity contribution in [3.05, 3.63) is 71.1 Å². The van der Waals surface area contributed by atoms with Crippen molar-refractivity contribution >= 4 is 11.9 Å². The maximum absolute atomic E-state index is 12.4. The van der Waals surface area contributed by atoms with Crippen LogP contribution in [0.4, 0.5) is 0 Å². The minimum absolute atomic E-state index is 0.110. The van der Waals surface area contributed by atoms with Crippen molar-refractivity contribution in [1.82, 2.24) is 10.3 Å². The molecule has 3 rings (SSSR count). The Morgan fingerprint density at radius 1 is 1.12 bits per heavy atom. The SMILES string of the molecule is Cc1oc(-c2ccccc2)nc1CCOc1ccc(CCC(=O)O)c(C(O)C(=O)NC(C)C)c1. The van der Waals surface area contributed by atoms with E-state index in [1.807, 2.05) is 37.3 Å². The first-order valence-electron chi connectivity index (χ1n) is 11.2. The van der Waals surface area contributed by atoms with Crippen LogP contribution in [0.5, 0.6) is 5.75 Å². The largest absolute Gasteiger partial charge is 0.493 e. The highest BCUT2D eigenvalue weighted by atomic mass is 16.5. The van der Waals surface area contributed by atoms with Gasteiger partial charge in [0.05, 0.1) is 12.3 Å². The Hall–Kier alpha value is -3.65. The fourth-order valence-corrected chi connectivity index (χ4v) is 3.52. The van der Waals surface area contributed by atoms with E-state index in [9.17, 15) is 14.7 Å². The van der Waals surface area contributed by atoms with Gasteiger partial charge in [-0.15, -0.1) is 0 Å². The van der Waals surface area contributed by atoms with Crippen molar-refractivity contribution in [2.75, 3.05) is 6.61 Å². The van der Waals surface area contributed by atoms with E-state index in [0.717, 1.165) is 11.3 Å². The third-order valence-corrected chi connectivity index (χ3v) is 5.22. The van der Waals surface area contributed by atoms with Gasteiger partial charge in [-0.05, 0) is 62.6 Å². The van der Waals surface area contributed by atoms with Gasteiger partial charge in [0, 0.05) is 24.4 Å². The number of carbonyl (C=O) groups excluding carboxylic acids is 1. The quantitative estimate of drug-likeness (QED) is 0.392. The molecule has 34 heavy (non-hydrogen) atoms. The molecule has 0 spiro atoms. The highest BCUT2D eigenvalue weighted by Gasteiger charge is 2.22. The van der Waals surface area contributed by atoms with E-state index in [1.54, 1.807) is 32.0 Å². The molecule has 8 nitrogen and oxygen atoms in total. The zero-order valence-electron chi connectivity index (χ0n) is 19.6. The number of rotatable bonds is 11. The molecule has 0 fully saturated rings. The number of oxazole rings is 1. The highest BCUT2D eigenvalue weighted by Crippen LogP contribution is 2.26. The van der Waals surface area contributed by atoms with Gasteiger partial charge >= 0.3 is 5.97 Å². The molecule has 8 heteroatoms. The van der Waals surface area contributed by atoms with Gasteiger partial charge in [0.2, 0.25) is 5.89 Å². The maximum atomic E-state index is 12.4. The number of ether oxygens (including phenoxy) is 1. The Kier molecular flexibility index (Phi) is 8.43. The fourth-order valence-electron chi connectivity index (χ4n) is 3.52. The van der Waals surface area contributed by atoms with Crippen molar-refractivity contribution in [2.45, 2.75) is 52.2 Å². The summed E-state index contributed by atoms with van der Waals surface area (Å²) in [5.41, 5.74) is 2.60. The van der Waals surface area contributed by atoms with Gasteiger partial charge in [-0.1, -0.05) is 24.3 Å². The summed E-state index contributed by atoms with van der Waals surface area (Å²) in [6.45, 7) is 5.76. The van der Waals surface area contributed by atoms with Crippen molar-refractivity contribution < 1.29 is 29.0 Å². The number of aryl methyl sites for hydroxylation is 2. The number of carboxylic acid groups (broad SMARTS) is 1. The number of aromatic nitrogens is 1. The molecular formula is C26H30N2O6. The summed E-state index contributed by atoms with van der Waals surface area (Å²) < 4.78 is 11.7. The van der Waals surface area contributed by atoms with Gasteiger partial charge in [-0.25, -0.2) is 4.98 Å². The van der Waals surface area contributed by atoms with Crippen LogP contribution in [-0.4, -0.2) is 39.7 Å². The fraction of sp³-hybridized carbons (Fsp3) is 0.346. The molecule has 1 atom stereocenters. The predicted molar refractivity (Wildman–Crippen MR) is 127 cm³/mol. The molecule has 0 saturated carbocycles. The minimum atomic E-state index is -1.43. The zero-order chi connectivity index (χ0) is 24.7. The molecule has 1 aromatic heterocycles. The maximum Gasteiger partial charge on any atom is 0.303 e. The first-order chi connectivity index (χ1) is 16.2. The van der Waals surface area contributed by atoms with E-state index in [-0.39, 0.29) is 18.9 Å². The van der Waals surface area contributed by atoms with Crippen LogP contribution in [0.1, 0.15) is 49.0 Å². The van der Waals surface area contributed by atoms with Crippen LogP contribution in [0, 0.1) is 6.92 Å². The van der Waals surface area contributed by atoms with Crippen molar-refractivity contribution in [1.29, 1.82) is 0 Å². The topological polar surface area (TPSA) is 122 Å². The third kappa shape index (κ3) is 6.68. The van der Waals surface area contributed by atoms with Crippen molar-refractivity contribution in [3.63, 3.8) is 0 Å². The first-order valence-corrected chi connectivity index (χ1v) is 11.2. The Morgan fingerprint density at radius 2 is 1.85 bits per heavy atom. The lowest BCUT2D eigenvalue weighted by Crippen LogP contribution is -2.34. The second-order valence-electron chi connectivity index (χ2n) is 8.31. The van der Waals surface area contributed by atoms with Crippen molar-refractivity contribution in [3.8, 4) is 17.2 Å². The number of amides is 1. The number of carboxylic acids is 1. The number of benzene rings is 2. The highest BCUT2D eigenvalue weighted by molar-refractivity contribution is 5.82. The average molecular weight is 467 g/mol. The van der Waals surface area contributed by atoms with E-state index in [2.05, 4.69) is 10.3 Å². The lowest BCUT2D eigenvalue weighted by atomic mass is 9.97. The Balaban J connectivity index is 1.71. The summed E-state index contributed by atoms with van der Waals surface area (Å²) in [7, 11) is 0. The number of carbonyl (C=O) groups is 2. The molecule has 0 aliphatic heterocycles. The summed E-state index contributed by atoms with van der Waals surface area (Å²) in [5.74, 6) is 0.237. The Labute approximate surface area is 198 Å². The van der Waals surface area contributed by atoms with Crippen LogP contribution >= 0.6 is 0 Å². The number of aliphatic hydroxyl groups is 1. The smallest absolute Gasteiger partial charge is 0.303 e. The van der Waals surface area contributed by atoms with E-state index < -0.39 is 18.0 Å². The van der Waals surface area contributed by atoms with Gasteiger partial charge in [0.1, 0.15) is 11.5 Å². The van der Waals surface area contributed by atoms with E-state index in [0.29, 0.717) is 41.6 Å². The van der Waals surface area contributed by atoms with Gasteiger partial charge < -0.3 is 24.7 Å². The summed E-state index contributed by atoms with van der Waals surface area (Å²) in [4.78, 5) is 28.0. The van der Waals surface area contributed by atoms with Gasteiger partial charge in [-0.3, -0.25) is 9.59 Å². The Bertz CT molecular complexity index is 1120. The molecule has 180 valence electrons. The van der Waals surface area contributed by atoms with Crippen molar-refractivity contribution in [2.24, 2.45) is 0 Å². The van der Waals surface area contributed by atoms with Crippen LogP contribution in [0.15, 0.2) is 52.9 Å². The van der Waals surface area contributed by atoms with E-state index >= 15 is 0 Å². The number of aliphatic carboxylic acids is 1. The molecule has 0 aliphatic carbocycles. The molecule has 1 amide bonds. The number of hydrogen-bond acceptors (Lipinski definition) is 6. The number of nitrogens with one attached hydrogen (secondary N) is 1. The zero-order valence-corrected chi connectivity index (χ0v) is 19.6. The van der Waals surface area contributed by atoms with Crippen LogP contribution in [0.3, 0.4) is 0 Å². The lowest BCUT2D eigenvalue weighted by Gasteiger charge is -2.18. The molecule has 1 heterocycles. The first kappa shape index (κ1) is 25.0. The average Bonchev–Trinajstić information content (AvgIpc) is 3.18. The summed E-state index contributed by atoms with van der Waals surface area (Å²) in [6.07, 6.45) is -0.839. The molecule has 0 bridgehead atoms. The summed E-state index contributed by atoms with van der Waals surface area (Å²) in [5, 5.41) is 22.3. The predicted octanol–water partition coefficient (Wildman–Crippen LogP) is 3.85. The molecule has 0 radical (unpaired) electrons. The number of hydrogen-bond donors (Lipinski definition) is 3. The van der Waals surface area contributed by atoms with Crippen LogP contribution in [-0.2, 0) is 22.4 Å². The molecule has 3 N–H and O–H groups in total. The summed E-state index contributed by atoms with van der Waals surface area (Å²) in [6, 6.07) is 14.5. The van der Waals surface area contributed by atoms with Gasteiger partial charge in [-0.2, -0.15) is 0 Å². The van der Waals surface area contributed by atoms with E-state index in [4.69, 9.17) is 14.3 Å². The Morgan fingerprint density at radius 3 is 2.53 bits per heavy atom. The minimum Gasteiger partial charge on any atom is -0.493 e. The molecule has 0 saturated heterocycles. The molecular weight excluding hydrogens is 436 g/mol. The number of aliphatic hydroxyl groups excluding tert-OH is 1. The second kappa shape index (κ2) is 11.5. The standard InChI is InChI=1S/C26H30N2O6/c1-16(2)27-25(32)24(31)21-15-20(11-9-18(21)10-12-23(29)30)33-14-13-22-17(3)34-26(28-22)19-7-5-4-6-8-19/h4-9,11,15-16,24,31H,10,12-14H2,1-3H3,(H,27,32)(H,29,30). The van der Waals surface area contributed by atoms with E-state index in [1.165, 1.54) is 0 Å². The second-order valence-corrected chi connectivity index (χ2v) is 8.31. The van der Waals surface area contributed by atoms with Crippen LogP contribution in [0.2, 0.25) is 0 Å². The molecule has 2 aromatic carbocycles. The lowest BCUT2D eigenvalue weighted by molar-refractivity contribution is -0.137. The number of nitrogens with zero attached hydrogens (tertiary/aromatic N) is 1. The summed E-state index contributed by atoms with van der Waals surface area (Å²) >= 11 is 0. The molecule has 0 aliphatic rings. The van der Waals surface area contributed by atoms with Crippen LogP contribution in [0.25, 0.3) is 11.5 Å². The normalized spacial score (nSPS) is 11.9.